The molecule has 0 bridgehead atoms. The van der Waals surface area contributed by atoms with E-state index in [4.69, 9.17) is 9.47 Å². The van der Waals surface area contributed by atoms with E-state index < -0.39 is 15.9 Å². The molecule has 1 aliphatic carbocycles. The van der Waals surface area contributed by atoms with Crippen molar-refractivity contribution in [1.82, 2.24) is 5.32 Å². The number of methoxy groups -OCH3 is 2. The lowest BCUT2D eigenvalue weighted by Gasteiger charge is -2.26. The summed E-state index contributed by atoms with van der Waals surface area (Å²) >= 11 is 0. The molecule has 3 aromatic rings. The van der Waals surface area contributed by atoms with Gasteiger partial charge in [0.2, 0.25) is 5.91 Å². The van der Waals surface area contributed by atoms with Crippen molar-refractivity contribution >= 4 is 21.6 Å². The molecule has 3 aromatic carbocycles. The molecule has 7 nitrogen and oxygen atoms in total. The predicted molar refractivity (Wildman–Crippen MR) is 145 cm³/mol. The molecule has 0 unspecified atom stereocenters. The maximum atomic E-state index is 13.7. The zero-order chi connectivity index (χ0) is 26.6. The Morgan fingerprint density at radius 3 is 2.27 bits per heavy atom. The lowest BCUT2D eigenvalue weighted by molar-refractivity contribution is -0.120. The molecule has 1 aliphatic rings. The third-order valence-electron chi connectivity index (χ3n) is 6.80. The highest BCUT2D eigenvalue weighted by Gasteiger charge is 2.28. The molecule has 0 radical (unpaired) electrons. The van der Waals surface area contributed by atoms with Crippen LogP contribution in [0.25, 0.3) is 0 Å². The number of hydrogen-bond acceptors (Lipinski definition) is 5. The second kappa shape index (κ2) is 11.3. The molecule has 0 saturated carbocycles. The number of amides is 1. The first-order valence-corrected chi connectivity index (χ1v) is 13.9. The second-order valence-electron chi connectivity index (χ2n) is 9.39. The molecule has 0 fully saturated rings. The molecule has 0 aliphatic heterocycles. The van der Waals surface area contributed by atoms with Crippen molar-refractivity contribution in [3.8, 4) is 11.5 Å². The molecule has 37 heavy (non-hydrogen) atoms. The van der Waals surface area contributed by atoms with E-state index in [-0.39, 0.29) is 17.5 Å². The number of nitrogens with zero attached hydrogens (tertiary/aromatic N) is 1. The van der Waals surface area contributed by atoms with Crippen molar-refractivity contribution in [3.63, 3.8) is 0 Å². The van der Waals surface area contributed by atoms with Gasteiger partial charge in [0.15, 0.2) is 11.5 Å². The van der Waals surface area contributed by atoms with Crippen LogP contribution in [-0.2, 0) is 27.7 Å². The van der Waals surface area contributed by atoms with Gasteiger partial charge >= 0.3 is 0 Å². The summed E-state index contributed by atoms with van der Waals surface area (Å²) < 4.78 is 39.2. The van der Waals surface area contributed by atoms with E-state index in [1.807, 2.05) is 19.9 Å². The van der Waals surface area contributed by atoms with Crippen LogP contribution >= 0.6 is 0 Å². The lowest BCUT2D eigenvalue weighted by atomic mass is 9.89. The summed E-state index contributed by atoms with van der Waals surface area (Å²) in [5.74, 6) is 0.423. The normalized spacial score (nSPS) is 13.8. The van der Waals surface area contributed by atoms with Gasteiger partial charge in [0.05, 0.1) is 30.8 Å². The average Bonchev–Trinajstić information content (AvgIpc) is 2.91. The summed E-state index contributed by atoms with van der Waals surface area (Å²) in [6.45, 7) is 3.41. The van der Waals surface area contributed by atoms with E-state index in [1.54, 1.807) is 42.5 Å². The summed E-state index contributed by atoms with van der Waals surface area (Å²) in [7, 11) is -1.06. The van der Waals surface area contributed by atoms with Gasteiger partial charge in [-0.1, -0.05) is 35.9 Å². The molecule has 1 N–H and O–H groups in total. The Bertz CT molecular complexity index is 1370. The number of nitrogens with one attached hydrogen (secondary N) is 1. The van der Waals surface area contributed by atoms with Gasteiger partial charge < -0.3 is 14.8 Å². The van der Waals surface area contributed by atoms with Crippen molar-refractivity contribution in [2.45, 2.75) is 50.5 Å². The van der Waals surface area contributed by atoms with Crippen molar-refractivity contribution < 1.29 is 22.7 Å². The van der Waals surface area contributed by atoms with E-state index in [9.17, 15) is 13.2 Å². The van der Waals surface area contributed by atoms with Gasteiger partial charge in [-0.3, -0.25) is 9.10 Å². The van der Waals surface area contributed by atoms with E-state index in [0.29, 0.717) is 17.2 Å². The molecular weight excluding hydrogens is 488 g/mol. The summed E-state index contributed by atoms with van der Waals surface area (Å²) in [6, 6.07) is 17.4. The number of carbonyl (C=O) groups is 1. The maximum absolute atomic E-state index is 13.7. The molecule has 0 aromatic heterocycles. The number of fused-ring (bicyclic) bond motifs is 1. The summed E-state index contributed by atoms with van der Waals surface area (Å²) in [5, 5.41) is 2.99. The predicted octanol–water partition coefficient (Wildman–Crippen LogP) is 4.96. The molecule has 196 valence electrons. The summed E-state index contributed by atoms with van der Waals surface area (Å²) in [6.07, 6.45) is 4.52. The van der Waals surface area contributed by atoms with Crippen LogP contribution in [0.1, 0.15) is 48.1 Å². The monoisotopic (exact) mass is 522 g/mol. The first kappa shape index (κ1) is 26.5. The van der Waals surface area contributed by atoms with Crippen LogP contribution in [0.3, 0.4) is 0 Å². The molecule has 0 heterocycles. The molecule has 8 heteroatoms. The van der Waals surface area contributed by atoms with Crippen LogP contribution in [0.2, 0.25) is 0 Å². The quantitative estimate of drug-likeness (QED) is 0.429. The van der Waals surface area contributed by atoms with E-state index in [0.717, 1.165) is 28.3 Å². The fraction of sp³-hybridized carbons (Fsp3) is 0.345. The van der Waals surface area contributed by atoms with E-state index >= 15 is 0 Å². The number of benzene rings is 3. The fourth-order valence-corrected chi connectivity index (χ4v) is 6.07. The Balaban J connectivity index is 1.62. The van der Waals surface area contributed by atoms with Gasteiger partial charge in [0, 0.05) is 6.07 Å². The smallest absolute Gasteiger partial charge is 0.264 e. The van der Waals surface area contributed by atoms with Gasteiger partial charge in [-0.15, -0.1) is 0 Å². The van der Waals surface area contributed by atoms with Crippen LogP contribution in [0.5, 0.6) is 11.5 Å². The number of aryl methyl sites for hydroxylation is 3. The zero-order valence-electron chi connectivity index (χ0n) is 21.8. The van der Waals surface area contributed by atoms with Gasteiger partial charge in [-0.2, -0.15) is 0 Å². The van der Waals surface area contributed by atoms with Crippen LogP contribution in [0, 0.1) is 6.92 Å². The first-order valence-electron chi connectivity index (χ1n) is 12.5. The van der Waals surface area contributed by atoms with Crippen molar-refractivity contribution in [3.05, 3.63) is 82.9 Å². The summed E-state index contributed by atoms with van der Waals surface area (Å²) in [5.41, 5.74) is 4.95. The number of carbonyl (C=O) groups excluding carboxylic acids is 1. The molecule has 0 saturated heterocycles. The van der Waals surface area contributed by atoms with E-state index in [2.05, 4.69) is 17.4 Å². The number of hydrogen-bond donors (Lipinski definition) is 1. The SMILES string of the molecule is COc1ccc(N(CC(=O)N[C@@H](C)c2ccc3c(c2)CCCC3)S(=O)(=O)c2ccc(C)cc2)cc1OC. The molecule has 0 spiro atoms. The van der Waals surface area contributed by atoms with Crippen molar-refractivity contribution in [2.24, 2.45) is 0 Å². The second-order valence-corrected chi connectivity index (χ2v) is 11.3. The number of anilines is 1. The standard InChI is InChI=1S/C29H34N2O5S/c1-20-9-14-26(15-10-20)37(33,34)31(25-13-16-27(35-3)28(18-25)36-4)19-29(32)30-21(2)23-12-11-22-7-5-6-8-24(22)17-23/h9-18,21H,5-8,19H2,1-4H3,(H,30,32)/t21-/m0/s1. The van der Waals surface area contributed by atoms with Gasteiger partial charge in [-0.25, -0.2) is 8.42 Å². The Morgan fingerprint density at radius 1 is 0.919 bits per heavy atom. The average molecular weight is 523 g/mol. The van der Waals surface area contributed by atoms with Crippen molar-refractivity contribution in [2.75, 3.05) is 25.1 Å². The highest BCUT2D eigenvalue weighted by atomic mass is 32.2. The van der Waals surface area contributed by atoms with Crippen LogP contribution in [0.4, 0.5) is 5.69 Å². The third kappa shape index (κ3) is 5.91. The number of ether oxygens (including phenoxy) is 2. The topological polar surface area (TPSA) is 84.9 Å². The Hall–Kier alpha value is -3.52. The van der Waals surface area contributed by atoms with Gasteiger partial charge in [0.25, 0.3) is 10.0 Å². The fourth-order valence-electron chi connectivity index (χ4n) is 4.66. The van der Waals surface area contributed by atoms with Crippen molar-refractivity contribution in [1.29, 1.82) is 0 Å². The maximum Gasteiger partial charge on any atom is 0.264 e. The minimum absolute atomic E-state index is 0.100. The minimum Gasteiger partial charge on any atom is -0.493 e. The lowest BCUT2D eigenvalue weighted by Crippen LogP contribution is -2.41. The van der Waals surface area contributed by atoms with Crippen LogP contribution < -0.4 is 19.1 Å². The highest BCUT2D eigenvalue weighted by molar-refractivity contribution is 7.92. The Kier molecular flexibility index (Phi) is 8.07. The zero-order valence-corrected chi connectivity index (χ0v) is 22.6. The number of sulfonamides is 1. The van der Waals surface area contributed by atoms with E-state index in [1.165, 1.54) is 38.2 Å². The van der Waals surface area contributed by atoms with Gasteiger partial charge in [-0.05, 0) is 80.5 Å². The highest BCUT2D eigenvalue weighted by Crippen LogP contribution is 2.34. The molecule has 1 amide bonds. The third-order valence-corrected chi connectivity index (χ3v) is 8.59. The Labute approximate surface area is 219 Å². The summed E-state index contributed by atoms with van der Waals surface area (Å²) in [4.78, 5) is 13.3. The largest absolute Gasteiger partial charge is 0.493 e. The first-order chi connectivity index (χ1) is 17.7. The van der Waals surface area contributed by atoms with Crippen LogP contribution in [0.15, 0.2) is 65.6 Å². The Morgan fingerprint density at radius 2 is 1.59 bits per heavy atom. The number of rotatable bonds is 9. The van der Waals surface area contributed by atoms with Crippen LogP contribution in [-0.4, -0.2) is 35.1 Å². The molecule has 4 rings (SSSR count). The minimum atomic E-state index is -4.05. The molecular formula is C29H34N2O5S. The van der Waals surface area contributed by atoms with Gasteiger partial charge in [0.1, 0.15) is 6.54 Å². The molecule has 1 atom stereocenters.